The van der Waals surface area contributed by atoms with E-state index in [1.807, 2.05) is 44.2 Å². The Morgan fingerprint density at radius 2 is 1.86 bits per heavy atom. The number of benzene rings is 1. The smallest absolute Gasteiger partial charge is 0.243 e. The van der Waals surface area contributed by atoms with Crippen molar-refractivity contribution in [1.82, 2.24) is 10.6 Å². The lowest BCUT2D eigenvalue weighted by Crippen LogP contribution is -2.43. The molecule has 1 unspecified atom stereocenters. The first-order chi connectivity index (χ1) is 6.58. The highest BCUT2D eigenvalue weighted by atomic mass is 16.2. The van der Waals surface area contributed by atoms with Crippen molar-refractivity contribution in [2.24, 2.45) is 0 Å². The van der Waals surface area contributed by atoms with E-state index < -0.39 is 0 Å². The molecule has 3 nitrogen and oxygen atoms in total. The van der Waals surface area contributed by atoms with E-state index >= 15 is 0 Å². The second-order valence-corrected chi connectivity index (χ2v) is 4.10. The number of hydrogen-bond acceptors (Lipinski definition) is 2. The summed E-state index contributed by atoms with van der Waals surface area (Å²) in [7, 11) is 0. The van der Waals surface area contributed by atoms with Gasteiger partial charge >= 0.3 is 0 Å². The molecule has 1 aromatic carbocycles. The molecule has 1 fully saturated rings. The summed E-state index contributed by atoms with van der Waals surface area (Å²) in [5.74, 6) is 0.0428. The molecule has 1 aromatic rings. The highest BCUT2D eigenvalue weighted by molar-refractivity contribution is 5.86. The van der Waals surface area contributed by atoms with Crippen LogP contribution in [-0.4, -0.2) is 11.6 Å². The lowest BCUT2D eigenvalue weighted by molar-refractivity contribution is -0.121. The normalized spacial score (nSPS) is 24.7. The van der Waals surface area contributed by atoms with Gasteiger partial charge in [-0.05, 0) is 19.4 Å². The van der Waals surface area contributed by atoms with Gasteiger partial charge in [0.15, 0.2) is 0 Å². The third-order valence-corrected chi connectivity index (χ3v) is 2.34. The molecule has 74 valence electrons. The Balaban J connectivity index is 2.26. The minimum atomic E-state index is -0.308. The molecule has 1 amide bonds. The van der Waals surface area contributed by atoms with Crippen LogP contribution in [0.1, 0.15) is 25.5 Å². The van der Waals surface area contributed by atoms with E-state index in [0.29, 0.717) is 0 Å². The third kappa shape index (κ3) is 1.63. The summed E-state index contributed by atoms with van der Waals surface area (Å²) >= 11 is 0. The van der Waals surface area contributed by atoms with E-state index in [2.05, 4.69) is 10.6 Å². The van der Waals surface area contributed by atoms with Gasteiger partial charge in [0.2, 0.25) is 5.91 Å². The van der Waals surface area contributed by atoms with Gasteiger partial charge in [0.05, 0.1) is 5.66 Å². The first-order valence-corrected chi connectivity index (χ1v) is 4.73. The average molecular weight is 190 g/mol. The van der Waals surface area contributed by atoms with Crippen LogP contribution < -0.4 is 10.6 Å². The van der Waals surface area contributed by atoms with Crippen LogP contribution >= 0.6 is 0 Å². The van der Waals surface area contributed by atoms with Crippen LogP contribution in [0, 0.1) is 0 Å². The molecule has 1 aliphatic heterocycles. The SMILES string of the molecule is CC1(C)NC(=O)C(c2ccccc2)N1. The summed E-state index contributed by atoms with van der Waals surface area (Å²) in [4.78, 5) is 11.6. The monoisotopic (exact) mass is 190 g/mol. The second-order valence-electron chi connectivity index (χ2n) is 4.10. The van der Waals surface area contributed by atoms with Crippen LogP contribution in [0.2, 0.25) is 0 Å². The van der Waals surface area contributed by atoms with Gasteiger partial charge < -0.3 is 5.32 Å². The molecular formula is C11H14N2O. The lowest BCUT2D eigenvalue weighted by Gasteiger charge is -2.18. The van der Waals surface area contributed by atoms with E-state index in [4.69, 9.17) is 0 Å². The number of hydrogen-bond donors (Lipinski definition) is 2. The molecule has 0 saturated carbocycles. The molecule has 14 heavy (non-hydrogen) atoms. The molecule has 0 spiro atoms. The zero-order valence-electron chi connectivity index (χ0n) is 8.37. The molecular weight excluding hydrogens is 176 g/mol. The summed E-state index contributed by atoms with van der Waals surface area (Å²) in [5.41, 5.74) is 0.702. The molecule has 2 rings (SSSR count). The number of rotatable bonds is 1. The number of carbonyl (C=O) groups excluding carboxylic acids is 1. The zero-order valence-corrected chi connectivity index (χ0v) is 8.37. The Kier molecular flexibility index (Phi) is 2.04. The molecule has 1 aliphatic rings. The number of carbonyl (C=O) groups is 1. The van der Waals surface area contributed by atoms with E-state index in [1.165, 1.54) is 0 Å². The summed E-state index contributed by atoms with van der Waals surface area (Å²) < 4.78 is 0. The Bertz CT molecular complexity index is 346. The van der Waals surface area contributed by atoms with E-state index in [1.54, 1.807) is 0 Å². The van der Waals surface area contributed by atoms with Gasteiger partial charge in [0.25, 0.3) is 0 Å². The quantitative estimate of drug-likeness (QED) is 0.698. The van der Waals surface area contributed by atoms with Gasteiger partial charge in [-0.15, -0.1) is 0 Å². The minimum absolute atomic E-state index is 0.0428. The molecule has 3 heteroatoms. The Hall–Kier alpha value is -1.35. The molecule has 0 aromatic heterocycles. The van der Waals surface area contributed by atoms with Crippen molar-refractivity contribution in [1.29, 1.82) is 0 Å². The largest absolute Gasteiger partial charge is 0.337 e. The Labute approximate surface area is 83.5 Å². The van der Waals surface area contributed by atoms with E-state index in [9.17, 15) is 4.79 Å². The fraction of sp³-hybridized carbons (Fsp3) is 0.364. The maximum absolute atomic E-state index is 11.6. The Morgan fingerprint density at radius 1 is 1.21 bits per heavy atom. The zero-order chi connectivity index (χ0) is 10.2. The lowest BCUT2D eigenvalue weighted by atomic mass is 10.1. The molecule has 0 bridgehead atoms. The maximum Gasteiger partial charge on any atom is 0.243 e. The second kappa shape index (κ2) is 3.10. The van der Waals surface area contributed by atoms with Gasteiger partial charge in [-0.1, -0.05) is 30.3 Å². The molecule has 1 atom stereocenters. The Morgan fingerprint density at radius 3 is 2.36 bits per heavy atom. The predicted molar refractivity (Wildman–Crippen MR) is 54.5 cm³/mol. The van der Waals surface area contributed by atoms with Gasteiger partial charge in [0.1, 0.15) is 6.04 Å². The summed E-state index contributed by atoms with van der Waals surface area (Å²) in [6, 6.07) is 9.52. The summed E-state index contributed by atoms with van der Waals surface area (Å²) in [6.45, 7) is 3.90. The molecule has 1 heterocycles. The first kappa shape index (κ1) is 9.21. The summed E-state index contributed by atoms with van der Waals surface area (Å²) in [5, 5.41) is 6.13. The topological polar surface area (TPSA) is 41.1 Å². The molecule has 0 aliphatic carbocycles. The average Bonchev–Trinajstić information content (AvgIpc) is 2.41. The third-order valence-electron chi connectivity index (χ3n) is 2.34. The van der Waals surface area contributed by atoms with Crippen molar-refractivity contribution in [2.75, 3.05) is 0 Å². The van der Waals surface area contributed by atoms with Crippen molar-refractivity contribution in [2.45, 2.75) is 25.6 Å². The van der Waals surface area contributed by atoms with Gasteiger partial charge in [-0.3, -0.25) is 10.1 Å². The molecule has 2 N–H and O–H groups in total. The first-order valence-electron chi connectivity index (χ1n) is 4.73. The maximum atomic E-state index is 11.6. The van der Waals surface area contributed by atoms with Crippen LogP contribution in [0.3, 0.4) is 0 Å². The van der Waals surface area contributed by atoms with Crippen LogP contribution in [0.5, 0.6) is 0 Å². The summed E-state index contributed by atoms with van der Waals surface area (Å²) in [6.07, 6.45) is 0. The minimum Gasteiger partial charge on any atom is -0.337 e. The molecule has 0 radical (unpaired) electrons. The van der Waals surface area contributed by atoms with Crippen LogP contribution in [0.15, 0.2) is 30.3 Å². The van der Waals surface area contributed by atoms with Crippen molar-refractivity contribution in [3.05, 3.63) is 35.9 Å². The predicted octanol–water partition coefficient (Wildman–Crippen LogP) is 1.18. The van der Waals surface area contributed by atoms with Gasteiger partial charge in [0, 0.05) is 0 Å². The van der Waals surface area contributed by atoms with E-state index in [0.717, 1.165) is 5.56 Å². The van der Waals surface area contributed by atoms with E-state index in [-0.39, 0.29) is 17.6 Å². The van der Waals surface area contributed by atoms with Crippen molar-refractivity contribution in [3.63, 3.8) is 0 Å². The number of nitrogens with one attached hydrogen (secondary N) is 2. The van der Waals surface area contributed by atoms with Gasteiger partial charge in [-0.25, -0.2) is 0 Å². The van der Waals surface area contributed by atoms with Gasteiger partial charge in [-0.2, -0.15) is 0 Å². The van der Waals surface area contributed by atoms with Crippen molar-refractivity contribution < 1.29 is 4.79 Å². The van der Waals surface area contributed by atoms with Crippen molar-refractivity contribution in [3.8, 4) is 0 Å². The van der Waals surface area contributed by atoms with Crippen LogP contribution in [0.25, 0.3) is 0 Å². The fourth-order valence-electron chi connectivity index (χ4n) is 1.72. The molecule has 1 saturated heterocycles. The standard InChI is InChI=1S/C11H14N2O/c1-11(2)12-9(10(14)13-11)8-6-4-3-5-7-8/h3-7,9,12H,1-2H3,(H,13,14). The van der Waals surface area contributed by atoms with Crippen LogP contribution in [0.4, 0.5) is 0 Å². The van der Waals surface area contributed by atoms with Crippen LogP contribution in [-0.2, 0) is 4.79 Å². The highest BCUT2D eigenvalue weighted by Crippen LogP contribution is 2.21. The fourth-order valence-corrected chi connectivity index (χ4v) is 1.72. The number of amides is 1. The van der Waals surface area contributed by atoms with Crippen molar-refractivity contribution >= 4 is 5.91 Å². The highest BCUT2D eigenvalue weighted by Gasteiger charge is 2.36.